The molecule has 3 amide bonds. The molecule has 1 aliphatic carbocycles. The van der Waals surface area contributed by atoms with E-state index in [-0.39, 0.29) is 29.6 Å². The molecule has 2 atom stereocenters. The van der Waals surface area contributed by atoms with Gasteiger partial charge in [0.1, 0.15) is 12.1 Å². The Morgan fingerprint density at radius 3 is 2.41 bits per heavy atom. The highest BCUT2D eigenvalue weighted by Gasteiger charge is 2.40. The Labute approximate surface area is 160 Å². The molecule has 1 aliphatic heterocycles. The average Bonchev–Trinajstić information content (AvgIpc) is 3.40. The first-order valence-electron chi connectivity index (χ1n) is 9.90. The molecular formula is C21H29N3O3. The summed E-state index contributed by atoms with van der Waals surface area (Å²) in [7, 11) is 0. The molecule has 146 valence electrons. The van der Waals surface area contributed by atoms with Gasteiger partial charge in [0.15, 0.2) is 0 Å². The summed E-state index contributed by atoms with van der Waals surface area (Å²) in [5, 5.41) is 5.85. The molecule has 0 radical (unpaired) electrons. The van der Waals surface area contributed by atoms with Crippen molar-refractivity contribution in [3.05, 3.63) is 35.9 Å². The number of benzene rings is 1. The Balaban J connectivity index is 1.61. The second-order valence-electron chi connectivity index (χ2n) is 7.90. The highest BCUT2D eigenvalue weighted by molar-refractivity contribution is 5.93. The van der Waals surface area contributed by atoms with Gasteiger partial charge in [0.05, 0.1) is 0 Å². The van der Waals surface area contributed by atoms with Crippen LogP contribution in [0.4, 0.5) is 0 Å². The summed E-state index contributed by atoms with van der Waals surface area (Å²) >= 11 is 0. The minimum absolute atomic E-state index is 0.0196. The largest absolute Gasteiger partial charge is 0.350 e. The number of hydrogen-bond donors (Lipinski definition) is 2. The lowest BCUT2D eigenvalue weighted by Crippen LogP contribution is -2.55. The van der Waals surface area contributed by atoms with Gasteiger partial charge in [-0.25, -0.2) is 0 Å². The predicted octanol–water partition coefficient (Wildman–Crippen LogP) is 1.84. The van der Waals surface area contributed by atoms with Gasteiger partial charge in [-0.3, -0.25) is 14.4 Å². The van der Waals surface area contributed by atoms with Crippen molar-refractivity contribution in [1.82, 2.24) is 15.5 Å². The number of hydrogen-bond acceptors (Lipinski definition) is 3. The highest BCUT2D eigenvalue weighted by Crippen LogP contribution is 2.29. The molecule has 0 bridgehead atoms. The van der Waals surface area contributed by atoms with Crippen molar-refractivity contribution in [2.45, 2.75) is 58.2 Å². The van der Waals surface area contributed by atoms with Crippen LogP contribution in [0.1, 0.15) is 45.1 Å². The lowest BCUT2D eigenvalue weighted by molar-refractivity contribution is -0.142. The van der Waals surface area contributed by atoms with Gasteiger partial charge in [0.2, 0.25) is 17.7 Å². The predicted molar refractivity (Wildman–Crippen MR) is 103 cm³/mol. The van der Waals surface area contributed by atoms with Crippen LogP contribution in [0.25, 0.3) is 0 Å². The normalized spacial score (nSPS) is 20.4. The minimum Gasteiger partial charge on any atom is -0.350 e. The van der Waals surface area contributed by atoms with E-state index in [0.717, 1.165) is 24.8 Å². The number of nitrogens with zero attached hydrogens (tertiary/aromatic N) is 1. The molecule has 27 heavy (non-hydrogen) atoms. The van der Waals surface area contributed by atoms with Crippen LogP contribution in [0.5, 0.6) is 0 Å². The van der Waals surface area contributed by atoms with Crippen molar-refractivity contribution in [2.75, 3.05) is 6.54 Å². The monoisotopic (exact) mass is 371 g/mol. The molecule has 1 aromatic rings. The Bertz CT molecular complexity index is 685. The first-order valence-corrected chi connectivity index (χ1v) is 9.90. The summed E-state index contributed by atoms with van der Waals surface area (Å²) in [6.07, 6.45) is 3.27. The molecule has 0 aromatic heterocycles. The summed E-state index contributed by atoms with van der Waals surface area (Å²) in [5.41, 5.74) is 1.03. The lowest BCUT2D eigenvalue weighted by Gasteiger charge is -2.30. The Morgan fingerprint density at radius 2 is 1.78 bits per heavy atom. The van der Waals surface area contributed by atoms with Crippen LogP contribution < -0.4 is 10.6 Å². The van der Waals surface area contributed by atoms with E-state index >= 15 is 0 Å². The van der Waals surface area contributed by atoms with Crippen LogP contribution in [0.15, 0.2) is 30.3 Å². The summed E-state index contributed by atoms with van der Waals surface area (Å²) < 4.78 is 0. The van der Waals surface area contributed by atoms with Crippen LogP contribution in [0.2, 0.25) is 0 Å². The lowest BCUT2D eigenvalue weighted by atomic mass is 10.0. The molecule has 1 saturated carbocycles. The molecular weight excluding hydrogens is 342 g/mol. The molecule has 2 aliphatic rings. The van der Waals surface area contributed by atoms with Crippen molar-refractivity contribution in [1.29, 1.82) is 0 Å². The van der Waals surface area contributed by atoms with Crippen molar-refractivity contribution in [3.63, 3.8) is 0 Å². The van der Waals surface area contributed by atoms with Crippen LogP contribution in [0.3, 0.4) is 0 Å². The third-order valence-electron chi connectivity index (χ3n) is 5.33. The molecule has 2 N–H and O–H groups in total. The van der Waals surface area contributed by atoms with Crippen LogP contribution in [-0.2, 0) is 20.9 Å². The number of rotatable bonds is 7. The molecule has 3 rings (SSSR count). The SMILES string of the molecule is CC(C)[C@H](NC(=O)C1CC1)C(=O)N1CCC[C@H]1C(=O)NCc1ccccc1. The molecule has 1 aromatic carbocycles. The number of nitrogens with one attached hydrogen (secondary N) is 2. The molecule has 6 heteroatoms. The molecule has 6 nitrogen and oxygen atoms in total. The van der Waals surface area contributed by atoms with Crippen LogP contribution in [-0.4, -0.2) is 41.2 Å². The summed E-state index contributed by atoms with van der Waals surface area (Å²) in [4.78, 5) is 39.6. The molecule has 2 fully saturated rings. The number of amides is 3. The van der Waals surface area contributed by atoms with Gasteiger partial charge in [-0.05, 0) is 37.2 Å². The first kappa shape index (κ1) is 19.4. The first-order chi connectivity index (χ1) is 13.0. The molecule has 1 saturated heterocycles. The van der Waals surface area contributed by atoms with E-state index in [9.17, 15) is 14.4 Å². The van der Waals surface area contributed by atoms with E-state index in [4.69, 9.17) is 0 Å². The Hall–Kier alpha value is -2.37. The maximum absolute atomic E-state index is 13.1. The van der Waals surface area contributed by atoms with Gasteiger partial charge < -0.3 is 15.5 Å². The standard InChI is InChI=1S/C21H29N3O3/c1-14(2)18(23-19(25)16-10-11-16)21(27)24-12-6-9-17(24)20(26)22-13-15-7-4-3-5-8-15/h3-5,7-8,14,16-18H,6,9-13H2,1-2H3,(H,22,26)(H,23,25)/t17-,18-/m0/s1. The fourth-order valence-corrected chi connectivity index (χ4v) is 3.51. The van der Waals surface area contributed by atoms with Crippen molar-refractivity contribution in [2.24, 2.45) is 11.8 Å². The number of carbonyl (C=O) groups excluding carboxylic acids is 3. The van der Waals surface area contributed by atoms with Gasteiger partial charge in [0.25, 0.3) is 0 Å². The minimum atomic E-state index is -0.569. The van der Waals surface area contributed by atoms with E-state index < -0.39 is 12.1 Å². The number of carbonyl (C=O) groups is 3. The number of likely N-dealkylation sites (tertiary alicyclic amines) is 1. The Kier molecular flexibility index (Phi) is 6.14. The van der Waals surface area contributed by atoms with Crippen molar-refractivity contribution in [3.8, 4) is 0 Å². The van der Waals surface area contributed by atoms with E-state index in [1.165, 1.54) is 0 Å². The van der Waals surface area contributed by atoms with Gasteiger partial charge in [-0.2, -0.15) is 0 Å². The maximum atomic E-state index is 13.1. The van der Waals surface area contributed by atoms with Crippen LogP contribution >= 0.6 is 0 Å². The molecule has 0 unspecified atom stereocenters. The summed E-state index contributed by atoms with van der Waals surface area (Å²) in [5.74, 6) is -0.264. The fourth-order valence-electron chi connectivity index (χ4n) is 3.51. The van der Waals surface area contributed by atoms with Crippen molar-refractivity contribution >= 4 is 17.7 Å². The van der Waals surface area contributed by atoms with Gasteiger partial charge >= 0.3 is 0 Å². The third-order valence-corrected chi connectivity index (χ3v) is 5.33. The summed E-state index contributed by atoms with van der Waals surface area (Å²) in [6.45, 7) is 4.86. The zero-order valence-electron chi connectivity index (χ0n) is 16.1. The quantitative estimate of drug-likeness (QED) is 0.768. The average molecular weight is 371 g/mol. The summed E-state index contributed by atoms with van der Waals surface area (Å²) in [6, 6.07) is 8.69. The molecule has 1 heterocycles. The second-order valence-corrected chi connectivity index (χ2v) is 7.90. The van der Waals surface area contributed by atoms with E-state index in [1.54, 1.807) is 4.90 Å². The zero-order chi connectivity index (χ0) is 19.4. The van der Waals surface area contributed by atoms with E-state index in [1.807, 2.05) is 44.2 Å². The molecule has 0 spiro atoms. The zero-order valence-corrected chi connectivity index (χ0v) is 16.1. The van der Waals surface area contributed by atoms with Crippen LogP contribution in [0, 0.1) is 11.8 Å². The third kappa shape index (κ3) is 4.87. The maximum Gasteiger partial charge on any atom is 0.246 e. The Morgan fingerprint density at radius 1 is 1.07 bits per heavy atom. The fraction of sp³-hybridized carbons (Fsp3) is 0.571. The van der Waals surface area contributed by atoms with E-state index in [2.05, 4.69) is 10.6 Å². The van der Waals surface area contributed by atoms with Crippen molar-refractivity contribution < 1.29 is 14.4 Å². The second kappa shape index (κ2) is 8.55. The topological polar surface area (TPSA) is 78.5 Å². The van der Waals surface area contributed by atoms with Gasteiger partial charge in [-0.1, -0.05) is 44.2 Å². The van der Waals surface area contributed by atoms with Gasteiger partial charge in [0, 0.05) is 19.0 Å². The van der Waals surface area contributed by atoms with E-state index in [0.29, 0.717) is 19.5 Å². The smallest absolute Gasteiger partial charge is 0.246 e. The highest BCUT2D eigenvalue weighted by atomic mass is 16.2. The van der Waals surface area contributed by atoms with Gasteiger partial charge in [-0.15, -0.1) is 0 Å².